The maximum atomic E-state index is 13.4. The van der Waals surface area contributed by atoms with E-state index >= 15 is 0 Å². The minimum atomic E-state index is -1.01. The van der Waals surface area contributed by atoms with Crippen molar-refractivity contribution < 1.29 is 33.6 Å². The number of nitrogens with zero attached hydrogens (tertiary/aromatic N) is 2. The second-order valence-electron chi connectivity index (χ2n) is 8.65. The van der Waals surface area contributed by atoms with Gasteiger partial charge in [-0.1, -0.05) is 24.3 Å². The molecule has 0 aromatic heterocycles. The maximum absolute atomic E-state index is 13.4. The standard InChI is InChI=1S/C27H25N3O8/c1-4-37-26(33)21-15(2)28-16(3)22(23(21)17-8-7-9-18(14-17)30(35)36)27(34)38-13-12-29-24(31)19-10-5-6-11-20(19)25(29)32/h5-11,14,23,28H,4,12-13H2,1-3H3. The van der Waals surface area contributed by atoms with Gasteiger partial charge in [-0.05, 0) is 38.5 Å². The number of amides is 2. The zero-order valence-corrected chi connectivity index (χ0v) is 21.0. The van der Waals surface area contributed by atoms with Gasteiger partial charge in [-0.3, -0.25) is 24.6 Å². The number of nitrogens with one attached hydrogen (secondary N) is 1. The Morgan fingerprint density at radius 2 is 1.53 bits per heavy atom. The van der Waals surface area contributed by atoms with Gasteiger partial charge in [0.15, 0.2) is 0 Å². The number of carbonyl (C=O) groups is 4. The first-order valence-electron chi connectivity index (χ1n) is 11.9. The third kappa shape index (κ3) is 4.77. The highest BCUT2D eigenvalue weighted by molar-refractivity contribution is 6.21. The molecule has 1 unspecified atom stereocenters. The molecule has 11 heteroatoms. The molecule has 1 N–H and O–H groups in total. The zero-order valence-electron chi connectivity index (χ0n) is 21.0. The van der Waals surface area contributed by atoms with Gasteiger partial charge in [-0.2, -0.15) is 0 Å². The fraction of sp³-hybridized carbons (Fsp3) is 0.259. The van der Waals surface area contributed by atoms with Crippen molar-refractivity contribution in [3.8, 4) is 0 Å². The lowest BCUT2D eigenvalue weighted by molar-refractivity contribution is -0.384. The number of esters is 2. The summed E-state index contributed by atoms with van der Waals surface area (Å²) in [7, 11) is 0. The Labute approximate surface area is 217 Å². The van der Waals surface area contributed by atoms with Crippen LogP contribution in [0.3, 0.4) is 0 Å². The molecule has 1 atom stereocenters. The van der Waals surface area contributed by atoms with Crippen molar-refractivity contribution in [2.24, 2.45) is 0 Å². The SMILES string of the molecule is CCOC(=O)C1=C(C)NC(C)=C(C(=O)OCCN2C(=O)c3ccccc3C2=O)C1c1cccc([N+](=O)[O-])c1. The first kappa shape index (κ1) is 26.3. The van der Waals surface area contributed by atoms with Gasteiger partial charge in [-0.15, -0.1) is 0 Å². The van der Waals surface area contributed by atoms with Crippen LogP contribution in [-0.4, -0.2) is 53.3 Å². The van der Waals surface area contributed by atoms with Crippen molar-refractivity contribution in [2.45, 2.75) is 26.7 Å². The van der Waals surface area contributed by atoms with E-state index in [1.165, 1.54) is 18.2 Å². The molecule has 2 amide bonds. The van der Waals surface area contributed by atoms with Crippen molar-refractivity contribution in [1.29, 1.82) is 0 Å². The van der Waals surface area contributed by atoms with Gasteiger partial charge in [0, 0.05) is 23.5 Å². The van der Waals surface area contributed by atoms with E-state index in [0.717, 1.165) is 4.90 Å². The molecule has 0 radical (unpaired) electrons. The smallest absolute Gasteiger partial charge is 0.336 e. The maximum Gasteiger partial charge on any atom is 0.336 e. The molecule has 0 saturated heterocycles. The molecule has 38 heavy (non-hydrogen) atoms. The van der Waals surface area contributed by atoms with Crippen molar-refractivity contribution in [3.63, 3.8) is 0 Å². The molecule has 11 nitrogen and oxygen atoms in total. The van der Waals surface area contributed by atoms with Gasteiger partial charge in [0.05, 0.1) is 46.3 Å². The highest BCUT2D eigenvalue weighted by atomic mass is 16.6. The number of fused-ring (bicyclic) bond motifs is 1. The van der Waals surface area contributed by atoms with E-state index in [2.05, 4.69) is 5.32 Å². The highest BCUT2D eigenvalue weighted by Crippen LogP contribution is 2.40. The molecule has 2 aliphatic rings. The lowest BCUT2D eigenvalue weighted by Gasteiger charge is -2.30. The number of hydrogen-bond donors (Lipinski definition) is 1. The molecule has 2 aromatic rings. The van der Waals surface area contributed by atoms with Gasteiger partial charge in [0.1, 0.15) is 6.61 Å². The Morgan fingerprint density at radius 1 is 0.947 bits per heavy atom. The normalized spacial score (nSPS) is 16.8. The summed E-state index contributed by atoms with van der Waals surface area (Å²) in [4.78, 5) is 63.4. The summed E-state index contributed by atoms with van der Waals surface area (Å²) < 4.78 is 10.7. The summed E-state index contributed by atoms with van der Waals surface area (Å²) in [5, 5.41) is 14.4. The molecule has 0 spiro atoms. The van der Waals surface area contributed by atoms with Crippen molar-refractivity contribution in [2.75, 3.05) is 19.8 Å². The van der Waals surface area contributed by atoms with Crippen LogP contribution < -0.4 is 5.32 Å². The third-order valence-corrected chi connectivity index (χ3v) is 6.32. The van der Waals surface area contributed by atoms with Gasteiger partial charge >= 0.3 is 11.9 Å². The van der Waals surface area contributed by atoms with Crippen LogP contribution in [0.1, 0.15) is 53.0 Å². The van der Waals surface area contributed by atoms with Crippen LogP contribution >= 0.6 is 0 Å². The number of nitro benzene ring substituents is 1. The van der Waals surface area contributed by atoms with E-state index in [9.17, 15) is 29.3 Å². The quantitative estimate of drug-likeness (QED) is 0.240. The van der Waals surface area contributed by atoms with E-state index in [1.807, 2.05) is 0 Å². The Kier molecular flexibility index (Phi) is 7.38. The van der Waals surface area contributed by atoms with Crippen LogP contribution in [0.2, 0.25) is 0 Å². The van der Waals surface area contributed by atoms with Crippen molar-refractivity contribution in [1.82, 2.24) is 10.2 Å². The first-order valence-corrected chi connectivity index (χ1v) is 11.9. The highest BCUT2D eigenvalue weighted by Gasteiger charge is 2.39. The van der Waals surface area contributed by atoms with Gasteiger partial charge in [-0.25, -0.2) is 9.59 Å². The number of dihydropyridines is 1. The molecular formula is C27H25N3O8. The fourth-order valence-corrected chi connectivity index (χ4v) is 4.64. The van der Waals surface area contributed by atoms with E-state index in [-0.39, 0.29) is 47.7 Å². The van der Waals surface area contributed by atoms with E-state index in [0.29, 0.717) is 17.0 Å². The van der Waals surface area contributed by atoms with Crippen LogP contribution in [-0.2, 0) is 19.1 Å². The average molecular weight is 520 g/mol. The van der Waals surface area contributed by atoms with Gasteiger partial charge < -0.3 is 14.8 Å². The molecular weight excluding hydrogens is 494 g/mol. The van der Waals surface area contributed by atoms with Gasteiger partial charge in [0.25, 0.3) is 17.5 Å². The number of ether oxygens (including phenoxy) is 2. The summed E-state index contributed by atoms with van der Waals surface area (Å²) in [6.45, 7) is 4.53. The second kappa shape index (κ2) is 10.7. The molecule has 2 aliphatic heterocycles. The van der Waals surface area contributed by atoms with E-state index in [4.69, 9.17) is 9.47 Å². The van der Waals surface area contributed by atoms with Crippen LogP contribution in [0.5, 0.6) is 0 Å². The lowest BCUT2D eigenvalue weighted by atomic mass is 9.80. The molecule has 0 aliphatic carbocycles. The van der Waals surface area contributed by atoms with Crippen LogP contribution in [0.15, 0.2) is 71.1 Å². The van der Waals surface area contributed by atoms with E-state index < -0.39 is 34.6 Å². The summed E-state index contributed by atoms with van der Waals surface area (Å²) in [5.74, 6) is -3.46. The number of allylic oxidation sites excluding steroid dienone is 2. The van der Waals surface area contributed by atoms with E-state index in [1.54, 1.807) is 51.1 Å². The van der Waals surface area contributed by atoms with Crippen LogP contribution in [0.4, 0.5) is 5.69 Å². The molecule has 0 bridgehead atoms. The number of benzene rings is 2. The zero-order chi connectivity index (χ0) is 27.6. The summed E-state index contributed by atoms with van der Waals surface area (Å²) >= 11 is 0. The largest absolute Gasteiger partial charge is 0.463 e. The minimum Gasteiger partial charge on any atom is -0.463 e. The summed E-state index contributed by atoms with van der Waals surface area (Å²) in [6.07, 6.45) is 0. The van der Waals surface area contributed by atoms with Crippen molar-refractivity contribution in [3.05, 3.63) is 97.9 Å². The number of hydrogen-bond acceptors (Lipinski definition) is 9. The molecule has 2 aromatic carbocycles. The summed E-state index contributed by atoms with van der Waals surface area (Å²) in [5.41, 5.74) is 1.67. The third-order valence-electron chi connectivity index (χ3n) is 6.32. The predicted molar refractivity (Wildman–Crippen MR) is 134 cm³/mol. The lowest BCUT2D eigenvalue weighted by Crippen LogP contribution is -2.35. The molecule has 196 valence electrons. The molecule has 2 heterocycles. The Balaban J connectivity index is 1.61. The monoisotopic (exact) mass is 519 g/mol. The number of rotatable bonds is 8. The van der Waals surface area contributed by atoms with Crippen LogP contribution in [0, 0.1) is 10.1 Å². The second-order valence-corrected chi connectivity index (χ2v) is 8.65. The Bertz CT molecular complexity index is 1390. The minimum absolute atomic E-state index is 0.0570. The molecule has 0 fully saturated rings. The number of imide groups is 1. The van der Waals surface area contributed by atoms with Gasteiger partial charge in [0.2, 0.25) is 0 Å². The number of nitro groups is 1. The first-order chi connectivity index (χ1) is 18.1. The average Bonchev–Trinajstić information content (AvgIpc) is 3.13. The molecule has 0 saturated carbocycles. The molecule has 4 rings (SSSR count). The Morgan fingerprint density at radius 3 is 2.08 bits per heavy atom. The Hall–Kier alpha value is -4.80. The van der Waals surface area contributed by atoms with Crippen LogP contribution in [0.25, 0.3) is 0 Å². The van der Waals surface area contributed by atoms with Crippen molar-refractivity contribution >= 4 is 29.4 Å². The number of carbonyl (C=O) groups excluding carboxylic acids is 4. The summed E-state index contributed by atoms with van der Waals surface area (Å²) in [6, 6.07) is 12.1. The topological polar surface area (TPSA) is 145 Å². The fourth-order valence-electron chi connectivity index (χ4n) is 4.64. The predicted octanol–water partition coefficient (Wildman–Crippen LogP) is 3.23. The number of non-ortho nitro benzene ring substituents is 1.